The van der Waals surface area contributed by atoms with Crippen molar-refractivity contribution < 1.29 is 9.84 Å². The first-order valence-electron chi connectivity index (χ1n) is 7.69. The number of halogens is 1. The van der Waals surface area contributed by atoms with Gasteiger partial charge >= 0.3 is 0 Å². The van der Waals surface area contributed by atoms with Crippen molar-refractivity contribution in [2.45, 2.75) is 6.10 Å². The van der Waals surface area contributed by atoms with Gasteiger partial charge in [-0.15, -0.1) is 0 Å². The Bertz CT molecular complexity index is 863. The van der Waals surface area contributed by atoms with Crippen LogP contribution in [-0.2, 0) is 0 Å². The van der Waals surface area contributed by atoms with Gasteiger partial charge in [0.15, 0.2) is 5.65 Å². The first-order valence-corrected chi connectivity index (χ1v) is 8.07. The first kappa shape index (κ1) is 15.3. The summed E-state index contributed by atoms with van der Waals surface area (Å²) >= 11 is 6.25. The Balaban J connectivity index is 1.56. The lowest BCUT2D eigenvalue weighted by atomic mass is 10.2. The Morgan fingerprint density at radius 2 is 2.08 bits per heavy atom. The van der Waals surface area contributed by atoms with Crippen LogP contribution < -0.4 is 4.74 Å². The number of ether oxygens (including phenoxy) is 1. The number of rotatable bonds is 5. The lowest BCUT2D eigenvalue weighted by Crippen LogP contribution is -2.51. The van der Waals surface area contributed by atoms with Gasteiger partial charge in [-0.1, -0.05) is 23.7 Å². The molecule has 0 spiro atoms. The van der Waals surface area contributed by atoms with Crippen LogP contribution in [0.2, 0.25) is 5.02 Å². The number of likely N-dealkylation sites (tertiary alicyclic amines) is 1. The highest BCUT2D eigenvalue weighted by molar-refractivity contribution is 6.32. The van der Waals surface area contributed by atoms with Crippen LogP contribution in [0.1, 0.15) is 0 Å². The fraction of sp³-hybridized carbons (Fsp3) is 0.312. The summed E-state index contributed by atoms with van der Waals surface area (Å²) in [7, 11) is 0. The van der Waals surface area contributed by atoms with Crippen LogP contribution in [0, 0.1) is 0 Å². The molecule has 124 valence electrons. The van der Waals surface area contributed by atoms with E-state index in [0.29, 0.717) is 36.2 Å². The lowest BCUT2D eigenvalue weighted by molar-refractivity contribution is -0.00403. The van der Waals surface area contributed by atoms with E-state index in [1.807, 2.05) is 24.3 Å². The zero-order chi connectivity index (χ0) is 16.5. The molecule has 1 aromatic carbocycles. The summed E-state index contributed by atoms with van der Waals surface area (Å²) in [5.41, 5.74) is 1.40. The van der Waals surface area contributed by atoms with Crippen LogP contribution in [0.25, 0.3) is 16.7 Å². The number of β-amino-alcohol motifs (C(OH)–C–C–N with tert-alkyl or cyclic N) is 1. The molecule has 24 heavy (non-hydrogen) atoms. The smallest absolute Gasteiger partial charge is 0.227 e. The summed E-state index contributed by atoms with van der Waals surface area (Å²) in [5.74, 6) is 0.499. The zero-order valence-corrected chi connectivity index (χ0v) is 13.6. The number of hydrogen-bond donors (Lipinski definition) is 1. The van der Waals surface area contributed by atoms with E-state index < -0.39 is 0 Å². The zero-order valence-electron chi connectivity index (χ0n) is 12.8. The number of nitrogens with zero attached hydrogens (tertiary/aromatic N) is 5. The molecule has 4 rings (SSSR count). The second-order valence-corrected chi connectivity index (χ2v) is 6.09. The van der Waals surface area contributed by atoms with Gasteiger partial charge in [0.25, 0.3) is 0 Å². The Morgan fingerprint density at radius 1 is 1.25 bits per heavy atom. The Hall–Kier alpha value is -2.22. The maximum atomic E-state index is 9.28. The van der Waals surface area contributed by atoms with Gasteiger partial charge in [0.05, 0.1) is 23.0 Å². The number of hydrogen-bond acceptors (Lipinski definition) is 6. The summed E-state index contributed by atoms with van der Waals surface area (Å²) in [6.45, 7) is 2.65. The highest BCUT2D eigenvalue weighted by atomic mass is 35.5. The molecule has 0 bridgehead atoms. The van der Waals surface area contributed by atoms with Crippen molar-refractivity contribution in [1.82, 2.24) is 24.6 Å². The van der Waals surface area contributed by atoms with Crippen LogP contribution in [0.3, 0.4) is 0 Å². The number of aromatic nitrogens is 4. The molecule has 0 saturated carbocycles. The minimum atomic E-state index is -0.204. The standard InChI is InChI=1S/C16H16ClN5O2/c17-13-3-1-2-4-14(13)22-15-12(7-20-22)16(19-10-18-15)24-6-5-21-8-11(23)9-21/h1-4,7,10-11,23H,5-6,8-9H2. The molecule has 7 nitrogen and oxygen atoms in total. The molecule has 1 aliphatic rings. The highest BCUT2D eigenvalue weighted by Gasteiger charge is 2.23. The molecule has 0 atom stereocenters. The predicted molar refractivity (Wildman–Crippen MR) is 89.6 cm³/mol. The normalized spacial score (nSPS) is 15.6. The van der Waals surface area contributed by atoms with Gasteiger partial charge in [0, 0.05) is 19.6 Å². The highest BCUT2D eigenvalue weighted by Crippen LogP contribution is 2.26. The molecule has 1 aliphatic heterocycles. The molecule has 8 heteroatoms. The summed E-state index contributed by atoms with van der Waals surface area (Å²) in [6, 6.07) is 7.46. The SMILES string of the molecule is OC1CN(CCOc2ncnc3c2cnn3-c2ccccc2Cl)C1. The third-order valence-corrected chi connectivity index (χ3v) is 4.31. The van der Waals surface area contributed by atoms with Crippen LogP contribution in [-0.4, -0.2) is 62.1 Å². The minimum Gasteiger partial charge on any atom is -0.476 e. The van der Waals surface area contributed by atoms with Crippen molar-refractivity contribution in [1.29, 1.82) is 0 Å². The fourth-order valence-electron chi connectivity index (χ4n) is 2.73. The Morgan fingerprint density at radius 3 is 2.88 bits per heavy atom. The van der Waals surface area contributed by atoms with Gasteiger partial charge in [-0.2, -0.15) is 5.10 Å². The summed E-state index contributed by atoms with van der Waals surface area (Å²) in [6.07, 6.45) is 2.94. The second-order valence-electron chi connectivity index (χ2n) is 5.69. The summed E-state index contributed by atoms with van der Waals surface area (Å²) in [5, 5.41) is 15.0. The van der Waals surface area contributed by atoms with Gasteiger partial charge < -0.3 is 9.84 Å². The van der Waals surface area contributed by atoms with E-state index in [9.17, 15) is 5.11 Å². The third-order valence-electron chi connectivity index (χ3n) is 3.99. The summed E-state index contributed by atoms with van der Waals surface area (Å²) in [4.78, 5) is 10.6. The van der Waals surface area contributed by atoms with Crippen LogP contribution in [0.15, 0.2) is 36.8 Å². The Kier molecular flexibility index (Phi) is 4.05. The maximum absolute atomic E-state index is 9.28. The summed E-state index contributed by atoms with van der Waals surface area (Å²) < 4.78 is 7.46. The van der Waals surface area contributed by atoms with Crippen molar-refractivity contribution in [2.75, 3.05) is 26.2 Å². The number of fused-ring (bicyclic) bond motifs is 1. The fourth-order valence-corrected chi connectivity index (χ4v) is 2.95. The molecule has 1 fully saturated rings. The molecule has 0 aliphatic carbocycles. The minimum absolute atomic E-state index is 0.204. The molecule has 2 aromatic heterocycles. The van der Waals surface area contributed by atoms with E-state index in [-0.39, 0.29) is 6.10 Å². The molecule has 3 aromatic rings. The number of aliphatic hydroxyl groups is 1. The average molecular weight is 346 g/mol. The number of benzene rings is 1. The second kappa shape index (κ2) is 6.35. The molecular formula is C16H16ClN5O2. The average Bonchev–Trinajstić information content (AvgIpc) is 2.98. The van der Waals surface area contributed by atoms with Crippen molar-refractivity contribution in [3.8, 4) is 11.6 Å². The number of aliphatic hydroxyl groups excluding tert-OH is 1. The van der Waals surface area contributed by atoms with Crippen molar-refractivity contribution in [3.05, 3.63) is 41.8 Å². The van der Waals surface area contributed by atoms with Gasteiger partial charge in [-0.05, 0) is 12.1 Å². The maximum Gasteiger partial charge on any atom is 0.227 e. The molecule has 0 amide bonds. The van der Waals surface area contributed by atoms with E-state index >= 15 is 0 Å². The number of para-hydroxylation sites is 1. The van der Waals surface area contributed by atoms with Crippen LogP contribution in [0.4, 0.5) is 0 Å². The molecular weight excluding hydrogens is 330 g/mol. The molecule has 1 N–H and O–H groups in total. The molecule has 3 heterocycles. The molecule has 0 radical (unpaired) electrons. The van der Waals surface area contributed by atoms with E-state index in [0.717, 1.165) is 17.6 Å². The van der Waals surface area contributed by atoms with Crippen molar-refractivity contribution in [2.24, 2.45) is 0 Å². The van der Waals surface area contributed by atoms with Gasteiger partial charge in [-0.25, -0.2) is 14.6 Å². The van der Waals surface area contributed by atoms with Gasteiger partial charge in [0.2, 0.25) is 5.88 Å². The molecule has 1 saturated heterocycles. The monoisotopic (exact) mass is 345 g/mol. The van der Waals surface area contributed by atoms with E-state index in [1.165, 1.54) is 6.33 Å². The molecule has 0 unspecified atom stereocenters. The van der Waals surface area contributed by atoms with E-state index in [2.05, 4.69) is 20.0 Å². The van der Waals surface area contributed by atoms with Crippen molar-refractivity contribution in [3.63, 3.8) is 0 Å². The van der Waals surface area contributed by atoms with Crippen LogP contribution in [0.5, 0.6) is 5.88 Å². The topological polar surface area (TPSA) is 76.3 Å². The van der Waals surface area contributed by atoms with E-state index in [4.69, 9.17) is 16.3 Å². The lowest BCUT2D eigenvalue weighted by Gasteiger charge is -2.35. The van der Waals surface area contributed by atoms with Gasteiger partial charge in [-0.3, -0.25) is 4.90 Å². The van der Waals surface area contributed by atoms with Gasteiger partial charge in [0.1, 0.15) is 18.3 Å². The Labute approximate surface area is 143 Å². The largest absolute Gasteiger partial charge is 0.476 e. The first-order chi connectivity index (χ1) is 11.7. The quantitative estimate of drug-likeness (QED) is 0.755. The predicted octanol–water partition coefficient (Wildman–Crippen LogP) is 1.52. The third kappa shape index (κ3) is 2.82. The van der Waals surface area contributed by atoms with E-state index in [1.54, 1.807) is 10.9 Å². The van der Waals surface area contributed by atoms with Crippen molar-refractivity contribution >= 4 is 22.6 Å². The van der Waals surface area contributed by atoms with Crippen LogP contribution >= 0.6 is 11.6 Å².